The standard InChI is InChI=1S/C13H20N2S/c1-9(2)13(10-4-5-10)15-12-7-6-11(16-3)8-14-12/h6-10,13H,4-5H2,1-3H3,(H,14,15). The average molecular weight is 236 g/mol. The summed E-state index contributed by atoms with van der Waals surface area (Å²) in [5.74, 6) is 2.56. The number of anilines is 1. The van der Waals surface area contributed by atoms with Crippen LogP contribution in [-0.2, 0) is 0 Å². The van der Waals surface area contributed by atoms with Gasteiger partial charge in [0.25, 0.3) is 0 Å². The fraction of sp³-hybridized carbons (Fsp3) is 0.615. The minimum atomic E-state index is 0.590. The molecule has 1 fully saturated rings. The van der Waals surface area contributed by atoms with E-state index < -0.39 is 0 Å². The number of nitrogens with one attached hydrogen (secondary N) is 1. The summed E-state index contributed by atoms with van der Waals surface area (Å²) in [6.45, 7) is 4.57. The number of hydrogen-bond acceptors (Lipinski definition) is 3. The molecule has 0 radical (unpaired) electrons. The zero-order chi connectivity index (χ0) is 11.5. The lowest BCUT2D eigenvalue weighted by Crippen LogP contribution is -2.28. The van der Waals surface area contributed by atoms with Crippen LogP contribution in [0.2, 0.25) is 0 Å². The smallest absolute Gasteiger partial charge is 0.126 e. The SMILES string of the molecule is CSc1ccc(NC(C(C)C)C2CC2)nc1. The summed E-state index contributed by atoms with van der Waals surface area (Å²) >= 11 is 1.73. The van der Waals surface area contributed by atoms with Crippen molar-refractivity contribution >= 4 is 17.6 Å². The fourth-order valence-electron chi connectivity index (χ4n) is 2.04. The predicted octanol–water partition coefficient (Wildman–Crippen LogP) is 3.65. The van der Waals surface area contributed by atoms with Crippen LogP contribution in [0.15, 0.2) is 23.2 Å². The van der Waals surface area contributed by atoms with Crippen molar-refractivity contribution in [2.75, 3.05) is 11.6 Å². The molecule has 0 aromatic carbocycles. The predicted molar refractivity (Wildman–Crippen MR) is 71.0 cm³/mol. The maximum atomic E-state index is 4.45. The van der Waals surface area contributed by atoms with Gasteiger partial charge in [-0.05, 0) is 43.1 Å². The first kappa shape index (κ1) is 11.8. The molecular formula is C13H20N2S. The van der Waals surface area contributed by atoms with Crippen molar-refractivity contribution in [3.8, 4) is 0 Å². The van der Waals surface area contributed by atoms with Crippen LogP contribution >= 0.6 is 11.8 Å². The first-order valence-corrected chi connectivity index (χ1v) is 7.19. The lowest BCUT2D eigenvalue weighted by molar-refractivity contribution is 0.475. The summed E-state index contributed by atoms with van der Waals surface area (Å²) in [5, 5.41) is 3.57. The Morgan fingerprint density at radius 3 is 2.56 bits per heavy atom. The second kappa shape index (κ2) is 5.09. The van der Waals surface area contributed by atoms with Crippen molar-refractivity contribution < 1.29 is 0 Å². The molecule has 1 saturated carbocycles. The number of hydrogen-bond donors (Lipinski definition) is 1. The van der Waals surface area contributed by atoms with Crippen LogP contribution in [0.25, 0.3) is 0 Å². The maximum Gasteiger partial charge on any atom is 0.126 e. The van der Waals surface area contributed by atoms with Crippen molar-refractivity contribution in [2.45, 2.75) is 37.6 Å². The molecule has 16 heavy (non-hydrogen) atoms. The molecule has 1 aromatic rings. The van der Waals surface area contributed by atoms with Crippen LogP contribution < -0.4 is 5.32 Å². The number of pyridine rings is 1. The van der Waals surface area contributed by atoms with Gasteiger partial charge in [-0.15, -0.1) is 11.8 Å². The van der Waals surface area contributed by atoms with E-state index in [0.717, 1.165) is 11.7 Å². The third-order valence-electron chi connectivity index (χ3n) is 3.13. The Kier molecular flexibility index (Phi) is 3.74. The normalized spacial score (nSPS) is 17.5. The van der Waals surface area contributed by atoms with E-state index in [1.807, 2.05) is 6.20 Å². The minimum Gasteiger partial charge on any atom is -0.367 e. The Hall–Kier alpha value is -0.700. The molecule has 0 aliphatic heterocycles. The second-order valence-electron chi connectivity index (χ2n) is 4.83. The van der Waals surface area contributed by atoms with E-state index in [4.69, 9.17) is 0 Å². The number of nitrogens with zero attached hydrogens (tertiary/aromatic N) is 1. The third kappa shape index (κ3) is 2.91. The first-order valence-electron chi connectivity index (χ1n) is 5.97. The lowest BCUT2D eigenvalue weighted by atomic mass is 10.00. The molecule has 0 amide bonds. The van der Waals surface area contributed by atoms with Gasteiger partial charge in [-0.3, -0.25) is 0 Å². The summed E-state index contributed by atoms with van der Waals surface area (Å²) in [7, 11) is 0. The van der Waals surface area contributed by atoms with Gasteiger partial charge in [0, 0.05) is 17.1 Å². The topological polar surface area (TPSA) is 24.9 Å². The van der Waals surface area contributed by atoms with Crippen molar-refractivity contribution in [1.29, 1.82) is 0 Å². The van der Waals surface area contributed by atoms with Crippen LogP contribution in [0.4, 0.5) is 5.82 Å². The average Bonchev–Trinajstić information content (AvgIpc) is 3.10. The lowest BCUT2D eigenvalue weighted by Gasteiger charge is -2.22. The van der Waals surface area contributed by atoms with Gasteiger partial charge >= 0.3 is 0 Å². The highest BCUT2D eigenvalue weighted by molar-refractivity contribution is 7.98. The highest BCUT2D eigenvalue weighted by Crippen LogP contribution is 2.37. The summed E-state index contributed by atoms with van der Waals surface area (Å²) in [5.41, 5.74) is 0. The van der Waals surface area contributed by atoms with E-state index in [2.05, 4.69) is 42.5 Å². The van der Waals surface area contributed by atoms with Crippen LogP contribution in [0.1, 0.15) is 26.7 Å². The van der Waals surface area contributed by atoms with Gasteiger partial charge in [0.2, 0.25) is 0 Å². The molecule has 1 aliphatic rings. The molecule has 0 spiro atoms. The quantitative estimate of drug-likeness (QED) is 0.790. The molecule has 2 rings (SSSR count). The Balaban J connectivity index is 2.00. The highest BCUT2D eigenvalue weighted by atomic mass is 32.2. The zero-order valence-electron chi connectivity index (χ0n) is 10.2. The molecule has 0 bridgehead atoms. The van der Waals surface area contributed by atoms with Crippen molar-refractivity contribution in [3.05, 3.63) is 18.3 Å². The van der Waals surface area contributed by atoms with E-state index in [1.165, 1.54) is 17.7 Å². The van der Waals surface area contributed by atoms with Crippen molar-refractivity contribution in [2.24, 2.45) is 11.8 Å². The molecule has 1 aliphatic carbocycles. The first-order chi connectivity index (χ1) is 7.70. The summed E-state index contributed by atoms with van der Waals surface area (Å²) in [4.78, 5) is 5.67. The largest absolute Gasteiger partial charge is 0.367 e. The van der Waals surface area contributed by atoms with E-state index in [9.17, 15) is 0 Å². The van der Waals surface area contributed by atoms with E-state index in [-0.39, 0.29) is 0 Å². The van der Waals surface area contributed by atoms with Gasteiger partial charge in [-0.1, -0.05) is 13.8 Å². The molecule has 88 valence electrons. The van der Waals surface area contributed by atoms with E-state index in [0.29, 0.717) is 12.0 Å². The maximum absolute atomic E-state index is 4.45. The number of aromatic nitrogens is 1. The zero-order valence-corrected chi connectivity index (χ0v) is 11.1. The number of rotatable bonds is 5. The Morgan fingerprint density at radius 1 is 1.38 bits per heavy atom. The summed E-state index contributed by atoms with van der Waals surface area (Å²) < 4.78 is 0. The Labute approximate surface area is 102 Å². The molecule has 2 nitrogen and oxygen atoms in total. The van der Waals surface area contributed by atoms with Crippen LogP contribution in [0.5, 0.6) is 0 Å². The van der Waals surface area contributed by atoms with Gasteiger partial charge in [-0.25, -0.2) is 4.98 Å². The molecule has 1 atom stereocenters. The van der Waals surface area contributed by atoms with Crippen molar-refractivity contribution in [3.63, 3.8) is 0 Å². The second-order valence-corrected chi connectivity index (χ2v) is 5.71. The molecule has 1 heterocycles. The van der Waals surface area contributed by atoms with Gasteiger partial charge in [0.1, 0.15) is 5.82 Å². The molecule has 1 unspecified atom stereocenters. The van der Waals surface area contributed by atoms with Gasteiger partial charge < -0.3 is 5.32 Å². The number of thioether (sulfide) groups is 1. The monoisotopic (exact) mass is 236 g/mol. The minimum absolute atomic E-state index is 0.590. The summed E-state index contributed by atoms with van der Waals surface area (Å²) in [6.07, 6.45) is 6.76. The van der Waals surface area contributed by atoms with Crippen molar-refractivity contribution in [1.82, 2.24) is 4.98 Å². The van der Waals surface area contributed by atoms with Gasteiger partial charge in [-0.2, -0.15) is 0 Å². The molecule has 3 heteroatoms. The van der Waals surface area contributed by atoms with Crippen LogP contribution in [0.3, 0.4) is 0 Å². The van der Waals surface area contributed by atoms with Crippen LogP contribution in [-0.4, -0.2) is 17.3 Å². The fourth-order valence-corrected chi connectivity index (χ4v) is 2.40. The summed E-state index contributed by atoms with van der Waals surface area (Å²) in [6, 6.07) is 4.81. The Bertz CT molecular complexity index is 328. The third-order valence-corrected chi connectivity index (χ3v) is 3.85. The molecular weight excluding hydrogens is 216 g/mol. The highest BCUT2D eigenvalue weighted by Gasteiger charge is 2.33. The van der Waals surface area contributed by atoms with E-state index >= 15 is 0 Å². The molecule has 1 aromatic heterocycles. The molecule has 0 saturated heterocycles. The van der Waals surface area contributed by atoms with Crippen LogP contribution in [0, 0.1) is 11.8 Å². The Morgan fingerprint density at radius 2 is 2.12 bits per heavy atom. The van der Waals surface area contributed by atoms with Gasteiger partial charge in [0.05, 0.1) is 0 Å². The van der Waals surface area contributed by atoms with Gasteiger partial charge in [0.15, 0.2) is 0 Å². The molecule has 1 N–H and O–H groups in total. The van der Waals surface area contributed by atoms with E-state index in [1.54, 1.807) is 11.8 Å².